The molecule has 0 bridgehead atoms. The van der Waals surface area contributed by atoms with E-state index in [1.807, 2.05) is 6.92 Å². The minimum Gasteiger partial charge on any atom is -0.486 e. The number of ether oxygens (including phenoxy) is 2. The Labute approximate surface area is 180 Å². The van der Waals surface area contributed by atoms with Gasteiger partial charge in [-0.1, -0.05) is 6.07 Å². The second-order valence-corrected chi connectivity index (χ2v) is 7.28. The Balaban J connectivity index is 2.00. The van der Waals surface area contributed by atoms with Crippen LogP contribution in [-0.2, 0) is 14.3 Å². The molecule has 0 aromatic heterocycles. The van der Waals surface area contributed by atoms with E-state index < -0.39 is 54.8 Å². The zero-order valence-electron chi connectivity index (χ0n) is 17.5. The van der Waals surface area contributed by atoms with Crippen LogP contribution in [0.3, 0.4) is 0 Å². The summed E-state index contributed by atoms with van der Waals surface area (Å²) in [6, 6.07) is 3.97. The lowest BCUT2D eigenvalue weighted by Gasteiger charge is -2.25. The van der Waals surface area contributed by atoms with Crippen molar-refractivity contribution < 1.29 is 45.8 Å². The fraction of sp³-hybridized carbons (Fsp3) is 0.526. The van der Waals surface area contributed by atoms with Crippen molar-refractivity contribution in [3.63, 3.8) is 0 Å². The standard InChI is InChI=1S/C19H22F5N3O5/c1-9-5-6-12-13(7-9)31-10(2)14(16(29)27(12)4)26-15(28)11(3)32-17(30)25-8-18(20,21)19(22,23)24/h5-7,10-11,14H,8H2,1-4H3,(H,25,30)(H,26,28)/t10-,11+,14+/m1/s1. The number of hydrogen-bond acceptors (Lipinski definition) is 5. The van der Waals surface area contributed by atoms with Crippen molar-refractivity contribution in [2.45, 2.75) is 51.1 Å². The zero-order valence-corrected chi connectivity index (χ0v) is 17.5. The van der Waals surface area contributed by atoms with Crippen LogP contribution in [0, 0.1) is 6.92 Å². The quantitative estimate of drug-likeness (QED) is 0.649. The Morgan fingerprint density at radius 3 is 2.47 bits per heavy atom. The van der Waals surface area contributed by atoms with Crippen molar-refractivity contribution in [1.29, 1.82) is 0 Å². The number of hydrogen-bond donors (Lipinski definition) is 2. The molecule has 0 saturated carbocycles. The van der Waals surface area contributed by atoms with Crippen LogP contribution in [0.5, 0.6) is 5.75 Å². The van der Waals surface area contributed by atoms with Gasteiger partial charge in [0.2, 0.25) is 0 Å². The third-order valence-corrected chi connectivity index (χ3v) is 4.68. The van der Waals surface area contributed by atoms with Crippen LogP contribution < -0.4 is 20.3 Å². The molecule has 3 amide bonds. The van der Waals surface area contributed by atoms with Crippen LogP contribution in [0.2, 0.25) is 0 Å². The Kier molecular flexibility index (Phi) is 7.20. The number of rotatable bonds is 5. The average Bonchev–Trinajstić information content (AvgIpc) is 2.75. The summed E-state index contributed by atoms with van der Waals surface area (Å²) in [5.41, 5.74) is 1.35. The van der Waals surface area contributed by atoms with Crippen LogP contribution in [0.1, 0.15) is 19.4 Å². The summed E-state index contributed by atoms with van der Waals surface area (Å²) in [5.74, 6) is -6.27. The summed E-state index contributed by atoms with van der Waals surface area (Å²) in [7, 11) is 1.48. The monoisotopic (exact) mass is 467 g/mol. The van der Waals surface area contributed by atoms with Gasteiger partial charge in [-0.25, -0.2) is 4.79 Å². The van der Waals surface area contributed by atoms with Crippen molar-refractivity contribution in [2.75, 3.05) is 18.5 Å². The number of carbonyl (C=O) groups is 3. The van der Waals surface area contributed by atoms with Gasteiger partial charge < -0.3 is 25.0 Å². The molecule has 32 heavy (non-hydrogen) atoms. The van der Waals surface area contributed by atoms with Crippen LogP contribution in [0.15, 0.2) is 18.2 Å². The maximum atomic E-state index is 12.9. The molecule has 8 nitrogen and oxygen atoms in total. The van der Waals surface area contributed by atoms with Gasteiger partial charge in [0.15, 0.2) is 6.10 Å². The normalized spacial score (nSPS) is 19.9. The molecule has 0 radical (unpaired) electrons. The van der Waals surface area contributed by atoms with E-state index in [1.54, 1.807) is 18.2 Å². The Morgan fingerprint density at radius 2 is 1.88 bits per heavy atom. The number of amides is 3. The highest BCUT2D eigenvalue weighted by Crippen LogP contribution is 2.35. The molecule has 0 spiro atoms. The fourth-order valence-electron chi connectivity index (χ4n) is 2.78. The highest BCUT2D eigenvalue weighted by Gasteiger charge is 2.57. The third kappa shape index (κ3) is 5.56. The number of benzene rings is 1. The number of nitrogens with one attached hydrogen (secondary N) is 2. The number of carbonyl (C=O) groups excluding carboxylic acids is 3. The van der Waals surface area contributed by atoms with Crippen molar-refractivity contribution in [3.05, 3.63) is 23.8 Å². The number of fused-ring (bicyclic) bond motifs is 1. The summed E-state index contributed by atoms with van der Waals surface area (Å²) in [6.07, 6.45) is -9.95. The number of aryl methyl sites for hydroxylation is 1. The first-order chi connectivity index (χ1) is 14.6. The molecule has 13 heteroatoms. The summed E-state index contributed by atoms with van der Waals surface area (Å²) >= 11 is 0. The molecule has 2 rings (SSSR count). The minimum atomic E-state index is -5.86. The van der Waals surface area contributed by atoms with Gasteiger partial charge in [-0.05, 0) is 38.5 Å². The van der Waals surface area contributed by atoms with E-state index in [9.17, 15) is 36.3 Å². The van der Waals surface area contributed by atoms with Gasteiger partial charge in [0.25, 0.3) is 11.8 Å². The smallest absolute Gasteiger partial charge is 0.455 e. The van der Waals surface area contributed by atoms with Gasteiger partial charge in [-0.15, -0.1) is 0 Å². The maximum absolute atomic E-state index is 12.9. The molecule has 2 N–H and O–H groups in total. The van der Waals surface area contributed by atoms with Gasteiger partial charge in [0.05, 0.1) is 12.2 Å². The number of alkyl carbamates (subject to hydrolysis) is 1. The van der Waals surface area contributed by atoms with Crippen LogP contribution >= 0.6 is 0 Å². The van der Waals surface area contributed by atoms with Gasteiger partial charge in [0, 0.05) is 7.05 Å². The Hall–Kier alpha value is -3.12. The summed E-state index contributed by atoms with van der Waals surface area (Å²) in [6.45, 7) is 2.37. The van der Waals surface area contributed by atoms with E-state index >= 15 is 0 Å². The number of nitrogens with zero attached hydrogens (tertiary/aromatic N) is 1. The first kappa shape index (κ1) is 25.1. The van der Waals surface area contributed by atoms with E-state index in [4.69, 9.17) is 4.74 Å². The van der Waals surface area contributed by atoms with Gasteiger partial charge >= 0.3 is 18.2 Å². The SMILES string of the molecule is Cc1ccc2c(c1)O[C@H](C)[C@H](NC(=O)[C@H](C)OC(=O)NCC(F)(F)C(F)(F)F)C(=O)N2C. The van der Waals surface area contributed by atoms with E-state index in [0.717, 1.165) is 12.5 Å². The number of alkyl halides is 5. The highest BCUT2D eigenvalue weighted by atomic mass is 19.4. The van der Waals surface area contributed by atoms with E-state index in [1.165, 1.54) is 24.2 Å². The predicted molar refractivity (Wildman–Crippen MR) is 102 cm³/mol. The summed E-state index contributed by atoms with van der Waals surface area (Å²) in [4.78, 5) is 38.0. The maximum Gasteiger partial charge on any atom is 0.455 e. The molecule has 1 aliphatic rings. The molecule has 3 atom stereocenters. The van der Waals surface area contributed by atoms with Crippen LogP contribution in [-0.4, -0.2) is 61.8 Å². The first-order valence-corrected chi connectivity index (χ1v) is 9.38. The molecular formula is C19H22F5N3O5. The number of likely N-dealkylation sites (N-methyl/N-ethyl adjacent to an activating group) is 1. The second-order valence-electron chi connectivity index (χ2n) is 7.28. The largest absolute Gasteiger partial charge is 0.486 e. The molecule has 0 aliphatic carbocycles. The molecule has 1 aliphatic heterocycles. The van der Waals surface area contributed by atoms with Crippen molar-refractivity contribution >= 4 is 23.6 Å². The van der Waals surface area contributed by atoms with Gasteiger partial charge in [0.1, 0.15) is 17.9 Å². The Morgan fingerprint density at radius 1 is 1.25 bits per heavy atom. The van der Waals surface area contributed by atoms with E-state index in [0.29, 0.717) is 11.4 Å². The highest BCUT2D eigenvalue weighted by molar-refractivity contribution is 6.01. The van der Waals surface area contributed by atoms with Crippen molar-refractivity contribution in [3.8, 4) is 5.75 Å². The summed E-state index contributed by atoms with van der Waals surface area (Å²) in [5, 5.41) is 3.61. The lowest BCUT2D eigenvalue weighted by molar-refractivity contribution is -0.278. The minimum absolute atomic E-state index is 0.416. The molecule has 0 fully saturated rings. The first-order valence-electron chi connectivity index (χ1n) is 9.38. The fourth-order valence-corrected chi connectivity index (χ4v) is 2.78. The van der Waals surface area contributed by atoms with Crippen molar-refractivity contribution in [1.82, 2.24) is 10.6 Å². The molecule has 1 aromatic rings. The predicted octanol–water partition coefficient (Wildman–Crippen LogP) is 2.54. The summed E-state index contributed by atoms with van der Waals surface area (Å²) < 4.78 is 72.5. The van der Waals surface area contributed by atoms with Crippen LogP contribution in [0.25, 0.3) is 0 Å². The molecule has 1 aromatic carbocycles. The third-order valence-electron chi connectivity index (χ3n) is 4.68. The lowest BCUT2D eigenvalue weighted by Crippen LogP contribution is -2.55. The molecule has 178 valence electrons. The average molecular weight is 467 g/mol. The number of anilines is 1. The van der Waals surface area contributed by atoms with Gasteiger partial charge in [-0.2, -0.15) is 22.0 Å². The molecular weight excluding hydrogens is 445 g/mol. The molecule has 0 saturated heterocycles. The molecule has 1 heterocycles. The molecule has 0 unspecified atom stereocenters. The second kappa shape index (κ2) is 9.17. The lowest BCUT2D eigenvalue weighted by atomic mass is 10.1. The zero-order chi connectivity index (χ0) is 24.4. The Bertz CT molecular complexity index is 893. The van der Waals surface area contributed by atoms with E-state index in [-0.39, 0.29) is 0 Å². The van der Waals surface area contributed by atoms with Crippen molar-refractivity contribution in [2.24, 2.45) is 0 Å². The number of halogens is 5. The topological polar surface area (TPSA) is 97.0 Å². The van der Waals surface area contributed by atoms with Gasteiger partial charge in [-0.3, -0.25) is 9.59 Å². The van der Waals surface area contributed by atoms with E-state index in [2.05, 4.69) is 10.1 Å². The van der Waals surface area contributed by atoms with Crippen LogP contribution in [0.4, 0.5) is 32.4 Å².